The summed E-state index contributed by atoms with van der Waals surface area (Å²) in [6.07, 6.45) is 4.32. The summed E-state index contributed by atoms with van der Waals surface area (Å²) in [6, 6.07) is 6.66. The standard InChI is InChI=1S/C20H25N5OS.CH2O2/c1-11-10-27-20(23-11)12-3-6-17(21)16(7-12)18(22)19(26)24-13-8-14-4-5-15(9-13)25(14)2;2-1-3/h3,6-7,10,13-15,22H,4-5,8-9,21H2,1-2H3,(H,24,26);1H,(H,2,3). The number of hydrogen-bond acceptors (Lipinski definition) is 7. The largest absolute Gasteiger partial charge is 0.483 e. The Bertz CT molecular complexity index is 930. The highest BCUT2D eigenvalue weighted by Gasteiger charge is 2.39. The van der Waals surface area contributed by atoms with E-state index >= 15 is 0 Å². The van der Waals surface area contributed by atoms with Crippen LogP contribution in [-0.2, 0) is 9.59 Å². The number of nitrogens with two attached hydrogens (primary N) is 1. The number of thiazole rings is 1. The molecule has 0 radical (unpaired) electrons. The van der Waals surface area contributed by atoms with Gasteiger partial charge in [-0.2, -0.15) is 0 Å². The molecule has 3 heterocycles. The number of benzene rings is 1. The predicted molar refractivity (Wildman–Crippen MR) is 118 cm³/mol. The Kier molecular flexibility index (Phi) is 6.84. The van der Waals surface area contributed by atoms with Gasteiger partial charge in [-0.3, -0.25) is 15.0 Å². The van der Waals surface area contributed by atoms with E-state index in [0.29, 0.717) is 23.3 Å². The van der Waals surface area contributed by atoms with Crippen molar-refractivity contribution in [1.29, 1.82) is 5.41 Å². The van der Waals surface area contributed by atoms with Crippen LogP contribution in [0, 0.1) is 12.3 Å². The van der Waals surface area contributed by atoms with Gasteiger partial charge in [-0.05, 0) is 57.9 Å². The molecule has 0 saturated carbocycles. The number of carbonyl (C=O) groups excluding carboxylic acids is 1. The fourth-order valence-electron chi connectivity index (χ4n) is 4.30. The molecule has 0 spiro atoms. The molecule has 1 amide bonds. The van der Waals surface area contributed by atoms with Crippen molar-refractivity contribution in [2.75, 3.05) is 12.8 Å². The molecule has 2 atom stereocenters. The number of piperidine rings is 1. The molecular weight excluding hydrogens is 402 g/mol. The lowest BCUT2D eigenvalue weighted by Gasteiger charge is -2.36. The van der Waals surface area contributed by atoms with E-state index in [1.807, 2.05) is 18.4 Å². The first-order chi connectivity index (χ1) is 14.3. The maximum Gasteiger partial charge on any atom is 0.290 e. The first-order valence-electron chi connectivity index (χ1n) is 9.85. The average molecular weight is 430 g/mol. The fraction of sp³-hybridized carbons (Fsp3) is 0.429. The fourth-order valence-corrected chi connectivity index (χ4v) is 5.10. The third kappa shape index (κ3) is 4.68. The summed E-state index contributed by atoms with van der Waals surface area (Å²) in [7, 11) is 2.18. The van der Waals surface area contributed by atoms with Crippen LogP contribution in [0.2, 0.25) is 0 Å². The first kappa shape index (κ1) is 21.9. The van der Waals surface area contributed by atoms with Gasteiger partial charge in [0.1, 0.15) is 10.7 Å². The van der Waals surface area contributed by atoms with Gasteiger partial charge in [-0.15, -0.1) is 11.3 Å². The molecule has 160 valence electrons. The second-order valence-corrected chi connectivity index (χ2v) is 8.63. The maximum absolute atomic E-state index is 12.7. The summed E-state index contributed by atoms with van der Waals surface area (Å²) in [5, 5.41) is 21.2. The molecule has 2 bridgehead atoms. The van der Waals surface area contributed by atoms with E-state index < -0.39 is 0 Å². The van der Waals surface area contributed by atoms with E-state index in [1.54, 1.807) is 23.5 Å². The Morgan fingerprint density at radius 3 is 2.57 bits per heavy atom. The van der Waals surface area contributed by atoms with Gasteiger partial charge < -0.3 is 21.1 Å². The summed E-state index contributed by atoms with van der Waals surface area (Å²) in [6.45, 7) is 1.70. The van der Waals surface area contributed by atoms with Crippen molar-refractivity contribution >= 4 is 35.1 Å². The number of nitrogens with one attached hydrogen (secondary N) is 2. The van der Waals surface area contributed by atoms with Crippen LogP contribution in [0.5, 0.6) is 0 Å². The highest BCUT2D eigenvalue weighted by molar-refractivity contribution is 7.13. The van der Waals surface area contributed by atoms with Crippen LogP contribution in [0.15, 0.2) is 23.6 Å². The Morgan fingerprint density at radius 2 is 2.00 bits per heavy atom. The molecule has 4 rings (SSSR count). The van der Waals surface area contributed by atoms with E-state index in [4.69, 9.17) is 21.0 Å². The molecule has 8 nitrogen and oxygen atoms in total. The summed E-state index contributed by atoms with van der Waals surface area (Å²) < 4.78 is 0. The number of hydrogen-bond donors (Lipinski definition) is 4. The van der Waals surface area contributed by atoms with Crippen LogP contribution >= 0.6 is 11.3 Å². The maximum atomic E-state index is 12.7. The normalized spacial score (nSPS) is 22.7. The zero-order valence-electron chi connectivity index (χ0n) is 17.1. The number of carboxylic acid groups (broad SMARTS) is 1. The van der Waals surface area contributed by atoms with E-state index in [0.717, 1.165) is 29.1 Å². The summed E-state index contributed by atoms with van der Waals surface area (Å²) >= 11 is 1.55. The predicted octanol–water partition coefficient (Wildman–Crippen LogP) is 2.51. The van der Waals surface area contributed by atoms with E-state index in [9.17, 15) is 4.79 Å². The molecule has 1 aromatic carbocycles. The van der Waals surface area contributed by atoms with Gasteiger partial charge in [0, 0.05) is 46.0 Å². The smallest absolute Gasteiger partial charge is 0.290 e. The van der Waals surface area contributed by atoms with Gasteiger partial charge in [0.15, 0.2) is 0 Å². The molecule has 2 fully saturated rings. The monoisotopic (exact) mass is 429 g/mol. The summed E-state index contributed by atoms with van der Waals surface area (Å²) in [5.41, 5.74) is 8.74. The molecular formula is C21H27N5O3S. The molecule has 9 heteroatoms. The third-order valence-corrected chi connectivity index (χ3v) is 6.86. The summed E-state index contributed by atoms with van der Waals surface area (Å²) in [4.78, 5) is 28.0. The SMILES string of the molecule is Cc1csc(-c2ccc(N)c(C(=N)C(=O)NC3CC4CCC(C3)N4C)c2)n1.O=CO. The van der Waals surface area contributed by atoms with Crippen LogP contribution in [0.3, 0.4) is 0 Å². The molecule has 2 aliphatic rings. The van der Waals surface area contributed by atoms with Gasteiger partial charge in [0.05, 0.1) is 0 Å². The van der Waals surface area contributed by atoms with Gasteiger partial charge in [0.2, 0.25) is 0 Å². The lowest BCUT2D eigenvalue weighted by Crippen LogP contribution is -2.50. The van der Waals surface area contributed by atoms with Gasteiger partial charge in [-0.25, -0.2) is 4.98 Å². The van der Waals surface area contributed by atoms with Gasteiger partial charge in [0.25, 0.3) is 12.4 Å². The van der Waals surface area contributed by atoms with Crippen molar-refractivity contribution in [3.05, 3.63) is 34.8 Å². The second-order valence-electron chi connectivity index (χ2n) is 7.77. The highest BCUT2D eigenvalue weighted by Crippen LogP contribution is 2.34. The quantitative estimate of drug-likeness (QED) is 0.335. The number of carbonyl (C=O) groups is 2. The van der Waals surface area contributed by atoms with Crippen molar-refractivity contribution in [2.24, 2.45) is 0 Å². The van der Waals surface area contributed by atoms with Crippen molar-refractivity contribution in [3.8, 4) is 10.6 Å². The minimum Gasteiger partial charge on any atom is -0.483 e. The number of aryl methyl sites for hydroxylation is 1. The Labute approximate surface area is 179 Å². The zero-order valence-corrected chi connectivity index (χ0v) is 17.9. The van der Waals surface area contributed by atoms with Crippen molar-refractivity contribution < 1.29 is 14.7 Å². The Morgan fingerprint density at radius 1 is 1.37 bits per heavy atom. The molecule has 2 aromatic rings. The van der Waals surface area contributed by atoms with Crippen LogP contribution in [0.1, 0.15) is 36.9 Å². The molecule has 2 aliphatic heterocycles. The van der Waals surface area contributed by atoms with E-state index in [1.165, 1.54) is 12.8 Å². The average Bonchev–Trinajstić information content (AvgIpc) is 3.21. The first-order valence-corrected chi connectivity index (χ1v) is 10.7. The molecule has 5 N–H and O–H groups in total. The lowest BCUT2D eigenvalue weighted by molar-refractivity contribution is -0.123. The van der Waals surface area contributed by atoms with Crippen molar-refractivity contribution in [1.82, 2.24) is 15.2 Å². The molecule has 2 saturated heterocycles. The van der Waals surface area contributed by atoms with Crippen LogP contribution in [0.4, 0.5) is 5.69 Å². The third-order valence-electron chi connectivity index (χ3n) is 5.85. The number of fused-ring (bicyclic) bond motifs is 2. The van der Waals surface area contributed by atoms with Gasteiger partial charge in [-0.1, -0.05) is 0 Å². The van der Waals surface area contributed by atoms with Crippen molar-refractivity contribution in [3.63, 3.8) is 0 Å². The van der Waals surface area contributed by atoms with Gasteiger partial charge >= 0.3 is 0 Å². The highest BCUT2D eigenvalue weighted by atomic mass is 32.1. The molecule has 1 aromatic heterocycles. The number of rotatable bonds is 4. The lowest BCUT2D eigenvalue weighted by atomic mass is 9.97. The van der Waals surface area contributed by atoms with Crippen LogP contribution in [0.25, 0.3) is 10.6 Å². The minimum absolute atomic E-state index is 0.0751. The van der Waals surface area contributed by atoms with E-state index in [2.05, 4.69) is 22.2 Å². The van der Waals surface area contributed by atoms with Crippen LogP contribution in [-0.4, -0.2) is 58.3 Å². The topological polar surface area (TPSA) is 132 Å². The molecule has 0 aliphatic carbocycles. The summed E-state index contributed by atoms with van der Waals surface area (Å²) in [5.74, 6) is -0.344. The van der Waals surface area contributed by atoms with Crippen molar-refractivity contribution in [2.45, 2.75) is 50.7 Å². The number of amides is 1. The minimum atomic E-state index is -0.344. The molecule has 2 unspecified atom stereocenters. The Hall–Kier alpha value is -2.78. The molecule has 30 heavy (non-hydrogen) atoms. The van der Waals surface area contributed by atoms with E-state index in [-0.39, 0.29) is 24.1 Å². The number of aromatic nitrogens is 1. The number of anilines is 1. The Balaban J connectivity index is 0.000000806. The van der Waals surface area contributed by atoms with Crippen LogP contribution < -0.4 is 11.1 Å². The second kappa shape index (κ2) is 9.36. The number of nitrogen functional groups attached to an aromatic ring is 1. The number of nitrogens with zero attached hydrogens (tertiary/aromatic N) is 2. The zero-order chi connectivity index (χ0) is 21.8.